The van der Waals surface area contributed by atoms with E-state index in [1.165, 1.54) is 16.7 Å². The van der Waals surface area contributed by atoms with Gasteiger partial charge in [0.25, 0.3) is 0 Å². The Morgan fingerprint density at radius 2 is 1.32 bits per heavy atom. The number of carboxylic acid groups (broad SMARTS) is 1. The van der Waals surface area contributed by atoms with Crippen molar-refractivity contribution in [2.45, 2.75) is 27.2 Å². The molecule has 0 spiro atoms. The first kappa shape index (κ1) is 13.3. The van der Waals surface area contributed by atoms with E-state index in [1.807, 2.05) is 13.0 Å². The van der Waals surface area contributed by atoms with E-state index in [0.29, 0.717) is 5.56 Å². The van der Waals surface area contributed by atoms with Gasteiger partial charge in [0.2, 0.25) is 0 Å². The SMILES string of the molecule is Cc1cc(C)cc(Cc2cc(C)cc(C(=O)O)c2)c1. The Kier molecular flexibility index (Phi) is 3.70. The minimum absolute atomic E-state index is 0.361. The van der Waals surface area contributed by atoms with Crippen LogP contribution >= 0.6 is 0 Å². The number of aryl methyl sites for hydroxylation is 3. The molecule has 0 saturated heterocycles. The van der Waals surface area contributed by atoms with E-state index < -0.39 is 5.97 Å². The molecule has 2 aromatic carbocycles. The molecule has 2 nitrogen and oxygen atoms in total. The van der Waals surface area contributed by atoms with Crippen molar-refractivity contribution in [2.75, 3.05) is 0 Å². The first-order chi connectivity index (χ1) is 8.94. The van der Waals surface area contributed by atoms with Gasteiger partial charge in [-0.3, -0.25) is 0 Å². The molecule has 0 aliphatic carbocycles. The quantitative estimate of drug-likeness (QED) is 0.902. The van der Waals surface area contributed by atoms with E-state index in [1.54, 1.807) is 12.1 Å². The first-order valence-corrected chi connectivity index (χ1v) is 6.35. The van der Waals surface area contributed by atoms with Crippen molar-refractivity contribution in [2.24, 2.45) is 0 Å². The van der Waals surface area contributed by atoms with Gasteiger partial charge in [-0.2, -0.15) is 0 Å². The van der Waals surface area contributed by atoms with Crippen LogP contribution in [0.25, 0.3) is 0 Å². The fourth-order valence-electron chi connectivity index (χ4n) is 2.49. The molecule has 1 N–H and O–H groups in total. The lowest BCUT2D eigenvalue weighted by Crippen LogP contribution is -1.99. The van der Waals surface area contributed by atoms with Crippen molar-refractivity contribution < 1.29 is 9.90 Å². The van der Waals surface area contributed by atoms with Gasteiger partial charge in [0.05, 0.1) is 5.56 Å². The summed E-state index contributed by atoms with van der Waals surface area (Å²) in [5, 5.41) is 9.09. The molecule has 0 aliphatic rings. The highest BCUT2D eigenvalue weighted by atomic mass is 16.4. The average molecular weight is 254 g/mol. The van der Waals surface area contributed by atoms with E-state index >= 15 is 0 Å². The maximum Gasteiger partial charge on any atom is 0.335 e. The molecule has 0 unspecified atom stereocenters. The fourth-order valence-corrected chi connectivity index (χ4v) is 2.49. The molecule has 0 saturated carbocycles. The number of aromatic carboxylic acids is 1. The van der Waals surface area contributed by atoms with Crippen molar-refractivity contribution in [3.63, 3.8) is 0 Å². The van der Waals surface area contributed by atoms with Gasteiger partial charge < -0.3 is 5.11 Å². The number of carboxylic acids is 1. The van der Waals surface area contributed by atoms with Gasteiger partial charge in [-0.25, -0.2) is 4.79 Å². The molecule has 0 atom stereocenters. The summed E-state index contributed by atoms with van der Waals surface area (Å²) in [4.78, 5) is 11.1. The minimum Gasteiger partial charge on any atom is -0.478 e. The minimum atomic E-state index is -0.870. The molecular formula is C17H18O2. The third kappa shape index (κ3) is 3.44. The highest BCUT2D eigenvalue weighted by molar-refractivity contribution is 5.88. The van der Waals surface area contributed by atoms with Crippen LogP contribution in [0, 0.1) is 20.8 Å². The monoisotopic (exact) mass is 254 g/mol. The second kappa shape index (κ2) is 5.27. The van der Waals surface area contributed by atoms with Crippen LogP contribution in [-0.4, -0.2) is 11.1 Å². The Labute approximate surface area is 113 Å². The second-order valence-corrected chi connectivity index (χ2v) is 5.19. The summed E-state index contributed by atoms with van der Waals surface area (Å²) in [7, 11) is 0. The van der Waals surface area contributed by atoms with Crippen LogP contribution in [0.2, 0.25) is 0 Å². The molecule has 0 fully saturated rings. The van der Waals surface area contributed by atoms with Crippen LogP contribution in [0.5, 0.6) is 0 Å². The van der Waals surface area contributed by atoms with Crippen molar-refractivity contribution in [1.29, 1.82) is 0 Å². The Balaban J connectivity index is 2.35. The third-order valence-electron chi connectivity index (χ3n) is 3.07. The van der Waals surface area contributed by atoms with Crippen LogP contribution < -0.4 is 0 Å². The molecular weight excluding hydrogens is 236 g/mol. The lowest BCUT2D eigenvalue weighted by molar-refractivity contribution is 0.0696. The maximum absolute atomic E-state index is 11.1. The highest BCUT2D eigenvalue weighted by Crippen LogP contribution is 2.17. The summed E-state index contributed by atoms with van der Waals surface area (Å²) in [5.74, 6) is -0.870. The fraction of sp³-hybridized carbons (Fsp3) is 0.235. The van der Waals surface area contributed by atoms with E-state index in [9.17, 15) is 4.79 Å². The van der Waals surface area contributed by atoms with E-state index in [-0.39, 0.29) is 0 Å². The number of rotatable bonds is 3. The summed E-state index contributed by atoms with van der Waals surface area (Å²) in [5.41, 5.74) is 6.09. The molecule has 19 heavy (non-hydrogen) atoms. The number of hydrogen-bond donors (Lipinski definition) is 1. The van der Waals surface area contributed by atoms with Crippen LogP contribution in [-0.2, 0) is 6.42 Å². The van der Waals surface area contributed by atoms with Crippen molar-refractivity contribution >= 4 is 5.97 Å². The smallest absolute Gasteiger partial charge is 0.335 e. The van der Waals surface area contributed by atoms with Crippen LogP contribution in [0.15, 0.2) is 36.4 Å². The molecule has 0 radical (unpaired) electrons. The topological polar surface area (TPSA) is 37.3 Å². The molecule has 98 valence electrons. The summed E-state index contributed by atoms with van der Waals surface area (Å²) in [6.45, 7) is 6.09. The Morgan fingerprint density at radius 1 is 0.842 bits per heavy atom. The Hall–Kier alpha value is -2.09. The Bertz CT molecular complexity index is 607. The van der Waals surface area contributed by atoms with E-state index in [2.05, 4.69) is 32.0 Å². The second-order valence-electron chi connectivity index (χ2n) is 5.19. The maximum atomic E-state index is 11.1. The molecule has 2 heteroatoms. The number of carbonyl (C=O) groups is 1. The van der Waals surface area contributed by atoms with Gasteiger partial charge in [0, 0.05) is 0 Å². The first-order valence-electron chi connectivity index (χ1n) is 6.35. The van der Waals surface area contributed by atoms with Gasteiger partial charge in [-0.15, -0.1) is 0 Å². The predicted octanol–water partition coefficient (Wildman–Crippen LogP) is 3.90. The lowest BCUT2D eigenvalue weighted by atomic mass is 9.98. The third-order valence-corrected chi connectivity index (χ3v) is 3.07. The molecule has 0 bridgehead atoms. The van der Waals surface area contributed by atoms with Crippen LogP contribution in [0.1, 0.15) is 38.2 Å². The molecule has 0 amide bonds. The van der Waals surface area contributed by atoms with Gasteiger partial charge in [-0.1, -0.05) is 35.4 Å². The van der Waals surface area contributed by atoms with Gasteiger partial charge in [0.1, 0.15) is 0 Å². The zero-order chi connectivity index (χ0) is 14.0. The zero-order valence-corrected chi connectivity index (χ0v) is 11.5. The highest BCUT2D eigenvalue weighted by Gasteiger charge is 2.06. The standard InChI is InChI=1S/C17H18O2/c1-11-4-12(2)6-14(5-11)9-15-7-13(3)8-16(10-15)17(18)19/h4-8,10H,9H2,1-3H3,(H,18,19). The van der Waals surface area contributed by atoms with E-state index in [4.69, 9.17) is 5.11 Å². The largest absolute Gasteiger partial charge is 0.478 e. The van der Waals surface area contributed by atoms with E-state index in [0.717, 1.165) is 17.5 Å². The summed E-state index contributed by atoms with van der Waals surface area (Å²) < 4.78 is 0. The summed E-state index contributed by atoms with van der Waals surface area (Å²) in [6.07, 6.45) is 0.768. The normalized spacial score (nSPS) is 10.5. The van der Waals surface area contributed by atoms with Crippen LogP contribution in [0.4, 0.5) is 0 Å². The van der Waals surface area contributed by atoms with Crippen molar-refractivity contribution in [3.05, 3.63) is 69.8 Å². The van der Waals surface area contributed by atoms with Crippen molar-refractivity contribution in [3.8, 4) is 0 Å². The molecule has 2 aromatic rings. The zero-order valence-electron chi connectivity index (χ0n) is 11.5. The molecule has 0 aliphatic heterocycles. The predicted molar refractivity (Wildman–Crippen MR) is 76.9 cm³/mol. The number of hydrogen-bond acceptors (Lipinski definition) is 1. The molecule has 0 heterocycles. The van der Waals surface area contributed by atoms with Gasteiger partial charge >= 0.3 is 5.97 Å². The van der Waals surface area contributed by atoms with Crippen molar-refractivity contribution in [1.82, 2.24) is 0 Å². The van der Waals surface area contributed by atoms with Gasteiger partial charge in [0.15, 0.2) is 0 Å². The van der Waals surface area contributed by atoms with Crippen LogP contribution in [0.3, 0.4) is 0 Å². The summed E-state index contributed by atoms with van der Waals surface area (Å²) >= 11 is 0. The molecule has 2 rings (SSSR count). The number of benzene rings is 2. The average Bonchev–Trinajstić information content (AvgIpc) is 2.26. The van der Waals surface area contributed by atoms with Gasteiger partial charge in [-0.05, 0) is 56.0 Å². The lowest BCUT2D eigenvalue weighted by Gasteiger charge is -2.07. The summed E-state index contributed by atoms with van der Waals surface area (Å²) in [6, 6.07) is 11.9. The molecule has 0 aromatic heterocycles. The Morgan fingerprint density at radius 3 is 1.84 bits per heavy atom.